The Labute approximate surface area is 114 Å². The van der Waals surface area contributed by atoms with Gasteiger partial charge in [-0.2, -0.15) is 13.2 Å². The fourth-order valence-electron chi connectivity index (χ4n) is 1.48. The number of nitrogens with zero attached hydrogens (tertiary/aromatic N) is 1. The molecule has 0 aliphatic carbocycles. The number of halogens is 3. The van der Waals surface area contributed by atoms with Gasteiger partial charge in [0.1, 0.15) is 6.54 Å². The van der Waals surface area contributed by atoms with Crippen molar-refractivity contribution in [1.29, 1.82) is 0 Å². The molecule has 0 aromatic carbocycles. The van der Waals surface area contributed by atoms with Gasteiger partial charge >= 0.3 is 6.18 Å². The summed E-state index contributed by atoms with van der Waals surface area (Å²) in [5, 5.41) is 1.84. The van der Waals surface area contributed by atoms with Gasteiger partial charge in [-0.1, -0.05) is 19.4 Å². The monoisotopic (exact) mass is 291 g/mol. The van der Waals surface area contributed by atoms with Crippen LogP contribution in [0, 0.1) is 0 Å². The number of unbranched alkanes of at least 4 members (excludes halogenated alkanes) is 1. The third-order valence-electron chi connectivity index (χ3n) is 2.40. The van der Waals surface area contributed by atoms with E-state index in [1.165, 1.54) is 17.4 Å². The molecular formula is C13H16F3NOS. The molecule has 1 heterocycles. The standard InChI is InChI=1S/C13H16F3NOS/c1-2-3-8-17(10-13(14,15)16)12(18)7-6-11-5-4-9-19-11/h4-7,9H,2-3,8,10H2,1H3/b7-6+. The lowest BCUT2D eigenvalue weighted by atomic mass is 10.3. The maximum absolute atomic E-state index is 12.4. The van der Waals surface area contributed by atoms with Crippen LogP contribution in [0.5, 0.6) is 0 Å². The second-order valence-electron chi connectivity index (χ2n) is 4.08. The van der Waals surface area contributed by atoms with Gasteiger partial charge in [-0.25, -0.2) is 0 Å². The quantitative estimate of drug-likeness (QED) is 0.727. The summed E-state index contributed by atoms with van der Waals surface area (Å²) < 4.78 is 37.2. The van der Waals surface area contributed by atoms with Gasteiger partial charge in [0.15, 0.2) is 0 Å². The van der Waals surface area contributed by atoms with Gasteiger partial charge in [-0.15, -0.1) is 11.3 Å². The predicted molar refractivity (Wildman–Crippen MR) is 70.9 cm³/mol. The molecule has 0 fully saturated rings. The lowest BCUT2D eigenvalue weighted by Gasteiger charge is -2.22. The van der Waals surface area contributed by atoms with Crippen LogP contribution in [0.15, 0.2) is 23.6 Å². The number of hydrogen-bond donors (Lipinski definition) is 0. The van der Waals surface area contributed by atoms with Crippen LogP contribution in [0.25, 0.3) is 6.08 Å². The highest BCUT2D eigenvalue weighted by Crippen LogP contribution is 2.17. The number of alkyl halides is 3. The van der Waals surface area contributed by atoms with E-state index in [1.807, 2.05) is 18.4 Å². The molecule has 106 valence electrons. The smallest absolute Gasteiger partial charge is 0.330 e. The van der Waals surface area contributed by atoms with Crippen molar-refractivity contribution in [3.63, 3.8) is 0 Å². The van der Waals surface area contributed by atoms with Gasteiger partial charge in [-0.05, 0) is 23.9 Å². The van der Waals surface area contributed by atoms with E-state index >= 15 is 0 Å². The van der Waals surface area contributed by atoms with Crippen LogP contribution in [0.1, 0.15) is 24.6 Å². The van der Waals surface area contributed by atoms with Gasteiger partial charge in [0, 0.05) is 17.5 Å². The zero-order valence-corrected chi connectivity index (χ0v) is 11.4. The first kappa shape index (κ1) is 15.8. The second kappa shape index (κ2) is 7.33. The molecule has 1 amide bonds. The first-order chi connectivity index (χ1) is 8.92. The Balaban J connectivity index is 2.65. The van der Waals surface area contributed by atoms with Crippen molar-refractivity contribution < 1.29 is 18.0 Å². The van der Waals surface area contributed by atoms with Crippen molar-refractivity contribution in [2.24, 2.45) is 0 Å². The van der Waals surface area contributed by atoms with Crippen LogP contribution in [0.4, 0.5) is 13.2 Å². The van der Waals surface area contributed by atoms with Crippen molar-refractivity contribution in [2.45, 2.75) is 25.9 Å². The Morgan fingerprint density at radius 2 is 2.21 bits per heavy atom. The van der Waals surface area contributed by atoms with E-state index in [4.69, 9.17) is 0 Å². The lowest BCUT2D eigenvalue weighted by molar-refractivity contribution is -0.158. The molecule has 1 aromatic rings. The Morgan fingerprint density at radius 1 is 1.47 bits per heavy atom. The lowest BCUT2D eigenvalue weighted by Crippen LogP contribution is -2.38. The number of rotatable bonds is 6. The largest absolute Gasteiger partial charge is 0.406 e. The second-order valence-corrected chi connectivity index (χ2v) is 5.06. The molecule has 0 aliphatic heterocycles. The molecule has 2 nitrogen and oxygen atoms in total. The molecule has 19 heavy (non-hydrogen) atoms. The van der Waals surface area contributed by atoms with E-state index in [0.29, 0.717) is 6.42 Å². The zero-order chi connectivity index (χ0) is 14.3. The summed E-state index contributed by atoms with van der Waals surface area (Å²) in [6.07, 6.45) is -0.305. The maximum Gasteiger partial charge on any atom is 0.406 e. The van der Waals surface area contributed by atoms with E-state index in [0.717, 1.165) is 16.2 Å². The molecule has 1 rings (SSSR count). The average molecular weight is 291 g/mol. The molecule has 0 radical (unpaired) electrons. The van der Waals surface area contributed by atoms with E-state index in [9.17, 15) is 18.0 Å². The molecule has 0 saturated heterocycles. The molecule has 0 aliphatic rings. The number of carbonyl (C=O) groups excluding carboxylic acids is 1. The maximum atomic E-state index is 12.4. The van der Waals surface area contributed by atoms with E-state index in [1.54, 1.807) is 12.1 Å². The predicted octanol–water partition coefficient (Wildman–Crippen LogP) is 3.95. The Kier molecular flexibility index (Phi) is 6.08. The summed E-state index contributed by atoms with van der Waals surface area (Å²) in [6.45, 7) is 0.808. The molecule has 0 bridgehead atoms. The van der Waals surface area contributed by atoms with Crippen LogP contribution in [0.3, 0.4) is 0 Å². The van der Waals surface area contributed by atoms with Gasteiger partial charge in [0.2, 0.25) is 5.91 Å². The molecule has 0 unspecified atom stereocenters. The number of hydrogen-bond acceptors (Lipinski definition) is 2. The molecule has 0 N–H and O–H groups in total. The van der Waals surface area contributed by atoms with Crippen molar-refractivity contribution in [2.75, 3.05) is 13.1 Å². The highest BCUT2D eigenvalue weighted by Gasteiger charge is 2.32. The molecule has 1 aromatic heterocycles. The van der Waals surface area contributed by atoms with Gasteiger partial charge in [0.25, 0.3) is 0 Å². The normalized spacial score (nSPS) is 12.0. The minimum Gasteiger partial charge on any atom is -0.330 e. The van der Waals surface area contributed by atoms with E-state index in [-0.39, 0.29) is 6.54 Å². The number of carbonyl (C=O) groups is 1. The summed E-state index contributed by atoms with van der Waals surface area (Å²) in [5.74, 6) is -0.598. The van der Waals surface area contributed by atoms with Crippen LogP contribution < -0.4 is 0 Å². The molecule has 0 atom stereocenters. The SMILES string of the molecule is CCCCN(CC(F)(F)F)C(=O)/C=C/c1cccs1. The van der Waals surface area contributed by atoms with Crippen LogP contribution in [-0.2, 0) is 4.79 Å². The Morgan fingerprint density at radius 3 is 2.74 bits per heavy atom. The molecule has 0 saturated carbocycles. The summed E-state index contributed by atoms with van der Waals surface area (Å²) >= 11 is 1.43. The summed E-state index contributed by atoms with van der Waals surface area (Å²) in [7, 11) is 0. The zero-order valence-electron chi connectivity index (χ0n) is 10.6. The highest BCUT2D eigenvalue weighted by molar-refractivity contribution is 7.10. The van der Waals surface area contributed by atoms with Crippen molar-refractivity contribution >= 4 is 23.3 Å². The molecular weight excluding hydrogens is 275 g/mol. The number of amides is 1. The fraction of sp³-hybridized carbons (Fsp3) is 0.462. The van der Waals surface area contributed by atoms with Gasteiger partial charge < -0.3 is 4.90 Å². The van der Waals surface area contributed by atoms with Crippen molar-refractivity contribution in [3.05, 3.63) is 28.5 Å². The summed E-state index contributed by atoms with van der Waals surface area (Å²) in [6, 6.07) is 3.62. The minimum atomic E-state index is -4.36. The van der Waals surface area contributed by atoms with Gasteiger partial charge in [-0.3, -0.25) is 4.79 Å². The van der Waals surface area contributed by atoms with E-state index in [2.05, 4.69) is 0 Å². The molecule has 6 heteroatoms. The third kappa shape index (κ3) is 6.42. The van der Waals surface area contributed by atoms with Crippen molar-refractivity contribution in [3.8, 4) is 0 Å². The third-order valence-corrected chi connectivity index (χ3v) is 3.23. The number of thiophene rings is 1. The molecule has 0 spiro atoms. The Hall–Kier alpha value is -1.30. The fourth-order valence-corrected chi connectivity index (χ4v) is 2.10. The van der Waals surface area contributed by atoms with E-state index < -0.39 is 18.6 Å². The first-order valence-corrected chi connectivity index (χ1v) is 6.87. The minimum absolute atomic E-state index is 0.129. The Bertz CT molecular complexity index is 412. The van der Waals surface area contributed by atoms with Crippen molar-refractivity contribution in [1.82, 2.24) is 4.90 Å². The van der Waals surface area contributed by atoms with Crippen LogP contribution >= 0.6 is 11.3 Å². The first-order valence-electron chi connectivity index (χ1n) is 5.99. The van der Waals surface area contributed by atoms with Crippen LogP contribution in [0.2, 0.25) is 0 Å². The topological polar surface area (TPSA) is 20.3 Å². The highest BCUT2D eigenvalue weighted by atomic mass is 32.1. The van der Waals surface area contributed by atoms with Gasteiger partial charge in [0.05, 0.1) is 0 Å². The summed E-state index contributed by atoms with van der Waals surface area (Å²) in [4.78, 5) is 13.4. The average Bonchev–Trinajstić information content (AvgIpc) is 2.83. The summed E-state index contributed by atoms with van der Waals surface area (Å²) in [5.41, 5.74) is 0. The van der Waals surface area contributed by atoms with Crippen LogP contribution in [-0.4, -0.2) is 30.1 Å².